The van der Waals surface area contributed by atoms with E-state index in [0.29, 0.717) is 34.4 Å². The molecule has 0 saturated carbocycles. The first-order valence-corrected chi connectivity index (χ1v) is 9.37. The second-order valence-corrected chi connectivity index (χ2v) is 6.65. The molecular weight excluding hydrogens is 391 g/mol. The SMILES string of the molecule is C=C/C(F)=C(\C=C(/C)Cl)c1cc(Nc2ccncc2OCC)c2cccnc2n1. The molecule has 0 unspecified atom stereocenters. The minimum absolute atomic E-state index is 0.225. The van der Waals surface area contributed by atoms with Crippen molar-refractivity contribution in [2.24, 2.45) is 0 Å². The molecule has 0 aliphatic rings. The molecule has 0 fully saturated rings. The van der Waals surface area contributed by atoms with Gasteiger partial charge in [-0.25, -0.2) is 14.4 Å². The average molecular weight is 411 g/mol. The first-order valence-electron chi connectivity index (χ1n) is 8.99. The number of allylic oxidation sites excluding steroid dienone is 5. The largest absolute Gasteiger partial charge is 0.490 e. The summed E-state index contributed by atoms with van der Waals surface area (Å²) in [6.07, 6.45) is 7.57. The van der Waals surface area contributed by atoms with Crippen molar-refractivity contribution in [3.05, 3.63) is 78.1 Å². The van der Waals surface area contributed by atoms with Crippen LogP contribution in [0.25, 0.3) is 16.6 Å². The molecular formula is C22H20ClFN4O. The van der Waals surface area contributed by atoms with Gasteiger partial charge in [0, 0.05) is 28.4 Å². The lowest BCUT2D eigenvalue weighted by Gasteiger charge is -2.15. The van der Waals surface area contributed by atoms with Gasteiger partial charge in [0.15, 0.2) is 11.4 Å². The molecule has 5 nitrogen and oxygen atoms in total. The summed E-state index contributed by atoms with van der Waals surface area (Å²) in [5, 5.41) is 4.53. The van der Waals surface area contributed by atoms with Crippen LogP contribution in [0, 0.1) is 0 Å². The van der Waals surface area contributed by atoms with Crippen LogP contribution in [0.2, 0.25) is 0 Å². The van der Waals surface area contributed by atoms with E-state index in [4.69, 9.17) is 16.3 Å². The molecule has 148 valence electrons. The van der Waals surface area contributed by atoms with E-state index < -0.39 is 5.83 Å². The number of aromatic nitrogens is 3. The Morgan fingerprint density at radius 2 is 2.14 bits per heavy atom. The molecule has 3 aromatic rings. The molecule has 0 radical (unpaired) electrons. The summed E-state index contributed by atoms with van der Waals surface area (Å²) in [5.41, 5.74) is 2.49. The third kappa shape index (κ3) is 4.78. The summed E-state index contributed by atoms with van der Waals surface area (Å²) in [4.78, 5) is 12.9. The fourth-order valence-electron chi connectivity index (χ4n) is 2.77. The Morgan fingerprint density at radius 3 is 2.86 bits per heavy atom. The van der Waals surface area contributed by atoms with Crippen LogP contribution in [-0.4, -0.2) is 21.6 Å². The van der Waals surface area contributed by atoms with Gasteiger partial charge < -0.3 is 10.1 Å². The average Bonchev–Trinajstić information content (AvgIpc) is 2.73. The van der Waals surface area contributed by atoms with Crippen LogP contribution in [0.1, 0.15) is 19.5 Å². The predicted octanol–water partition coefficient (Wildman–Crippen LogP) is 6.18. The van der Waals surface area contributed by atoms with E-state index in [1.807, 2.05) is 19.1 Å². The summed E-state index contributed by atoms with van der Waals surface area (Å²) >= 11 is 6.01. The first kappa shape index (κ1) is 20.5. The van der Waals surface area contributed by atoms with E-state index >= 15 is 0 Å². The lowest BCUT2D eigenvalue weighted by atomic mass is 10.1. The highest BCUT2D eigenvalue weighted by molar-refractivity contribution is 6.29. The number of nitrogens with one attached hydrogen (secondary N) is 1. The van der Waals surface area contributed by atoms with Crippen molar-refractivity contribution in [2.45, 2.75) is 13.8 Å². The second kappa shape index (κ2) is 9.30. The van der Waals surface area contributed by atoms with Gasteiger partial charge >= 0.3 is 0 Å². The monoisotopic (exact) mass is 410 g/mol. The molecule has 0 bridgehead atoms. The summed E-state index contributed by atoms with van der Waals surface area (Å²) in [6, 6.07) is 7.25. The topological polar surface area (TPSA) is 59.9 Å². The van der Waals surface area contributed by atoms with Crippen molar-refractivity contribution < 1.29 is 9.13 Å². The van der Waals surface area contributed by atoms with Gasteiger partial charge in [0.2, 0.25) is 0 Å². The van der Waals surface area contributed by atoms with Gasteiger partial charge in [0.05, 0.1) is 29.9 Å². The highest BCUT2D eigenvalue weighted by Gasteiger charge is 2.14. The predicted molar refractivity (Wildman–Crippen MR) is 116 cm³/mol. The van der Waals surface area contributed by atoms with Crippen molar-refractivity contribution in [1.29, 1.82) is 0 Å². The first-order chi connectivity index (χ1) is 14.0. The van der Waals surface area contributed by atoms with Crippen molar-refractivity contribution in [3.8, 4) is 5.75 Å². The molecule has 0 spiro atoms. The number of halogens is 2. The van der Waals surface area contributed by atoms with Crippen LogP contribution in [0.3, 0.4) is 0 Å². The number of rotatable bonds is 7. The number of hydrogen-bond donors (Lipinski definition) is 1. The van der Waals surface area contributed by atoms with E-state index in [2.05, 4.69) is 26.8 Å². The van der Waals surface area contributed by atoms with E-state index in [-0.39, 0.29) is 5.57 Å². The lowest BCUT2D eigenvalue weighted by Crippen LogP contribution is -2.01. The number of ether oxygens (including phenoxy) is 1. The normalized spacial score (nSPS) is 12.5. The number of hydrogen-bond acceptors (Lipinski definition) is 5. The number of anilines is 2. The Morgan fingerprint density at radius 1 is 1.31 bits per heavy atom. The van der Waals surface area contributed by atoms with Crippen LogP contribution in [0.5, 0.6) is 5.75 Å². The van der Waals surface area contributed by atoms with Crippen LogP contribution < -0.4 is 10.1 Å². The maximum absolute atomic E-state index is 14.5. The Labute approximate surface area is 173 Å². The van der Waals surface area contributed by atoms with Gasteiger partial charge in [-0.15, -0.1) is 0 Å². The van der Waals surface area contributed by atoms with Gasteiger partial charge in [-0.3, -0.25) is 4.98 Å². The number of fused-ring (bicyclic) bond motifs is 1. The molecule has 3 aromatic heterocycles. The van der Waals surface area contributed by atoms with E-state index in [9.17, 15) is 4.39 Å². The quantitative estimate of drug-likeness (QED) is 0.471. The number of nitrogens with zero attached hydrogens (tertiary/aromatic N) is 3. The van der Waals surface area contributed by atoms with Crippen molar-refractivity contribution >= 4 is 39.6 Å². The zero-order chi connectivity index (χ0) is 20.8. The van der Waals surface area contributed by atoms with Crippen molar-refractivity contribution in [1.82, 2.24) is 15.0 Å². The van der Waals surface area contributed by atoms with Crippen LogP contribution >= 0.6 is 11.6 Å². The maximum Gasteiger partial charge on any atom is 0.161 e. The molecule has 29 heavy (non-hydrogen) atoms. The van der Waals surface area contributed by atoms with Gasteiger partial charge in [-0.2, -0.15) is 0 Å². The van der Waals surface area contributed by atoms with E-state index in [1.165, 1.54) is 6.08 Å². The van der Waals surface area contributed by atoms with Crippen molar-refractivity contribution in [3.63, 3.8) is 0 Å². The van der Waals surface area contributed by atoms with E-state index in [0.717, 1.165) is 17.1 Å². The van der Waals surface area contributed by atoms with E-state index in [1.54, 1.807) is 37.6 Å². The molecule has 0 atom stereocenters. The lowest BCUT2D eigenvalue weighted by molar-refractivity contribution is 0.340. The molecule has 0 aromatic carbocycles. The minimum atomic E-state index is -0.530. The van der Waals surface area contributed by atoms with Crippen LogP contribution in [0.15, 0.2) is 72.4 Å². The molecule has 0 amide bonds. The van der Waals surface area contributed by atoms with Gasteiger partial charge in [-0.1, -0.05) is 18.2 Å². The Balaban J connectivity index is 2.20. The zero-order valence-electron chi connectivity index (χ0n) is 16.1. The second-order valence-electron chi connectivity index (χ2n) is 6.06. The van der Waals surface area contributed by atoms with Crippen LogP contribution in [0.4, 0.5) is 15.8 Å². The standard InChI is InChI=1S/C22H20ClFN4O/c1-4-17(24)16(11-14(3)23)20-12-19(15-7-6-9-26-22(15)28-20)27-18-8-10-25-13-21(18)29-5-2/h4,6-13H,1,5H2,2-3H3,(H,25,26,27,28)/b14-11+,17-16-. The summed E-state index contributed by atoms with van der Waals surface area (Å²) in [6.45, 7) is 7.58. The minimum Gasteiger partial charge on any atom is -0.490 e. The Bertz CT molecular complexity index is 1110. The highest BCUT2D eigenvalue weighted by atomic mass is 35.5. The van der Waals surface area contributed by atoms with Crippen molar-refractivity contribution in [2.75, 3.05) is 11.9 Å². The molecule has 1 N–H and O–H groups in total. The molecule has 0 aliphatic carbocycles. The molecule has 7 heteroatoms. The van der Waals surface area contributed by atoms with Gasteiger partial charge in [0.25, 0.3) is 0 Å². The smallest absolute Gasteiger partial charge is 0.161 e. The van der Waals surface area contributed by atoms with Gasteiger partial charge in [0.1, 0.15) is 5.83 Å². The third-order valence-electron chi connectivity index (χ3n) is 3.99. The fourth-order valence-corrected chi connectivity index (χ4v) is 2.88. The fraction of sp³-hybridized carbons (Fsp3) is 0.136. The zero-order valence-corrected chi connectivity index (χ0v) is 16.9. The summed E-state index contributed by atoms with van der Waals surface area (Å²) in [7, 11) is 0. The Kier molecular flexibility index (Phi) is 6.57. The number of pyridine rings is 3. The summed E-state index contributed by atoms with van der Waals surface area (Å²) in [5.74, 6) is 0.0765. The summed E-state index contributed by atoms with van der Waals surface area (Å²) < 4.78 is 20.2. The molecule has 3 heterocycles. The molecule has 3 rings (SSSR count). The molecule has 0 aliphatic heterocycles. The van der Waals surface area contributed by atoms with Gasteiger partial charge in [-0.05, 0) is 50.3 Å². The molecule has 0 saturated heterocycles. The Hall–Kier alpha value is -3.25. The van der Waals surface area contributed by atoms with Crippen LogP contribution in [-0.2, 0) is 0 Å². The third-order valence-corrected chi connectivity index (χ3v) is 4.10. The maximum atomic E-state index is 14.5. The highest BCUT2D eigenvalue weighted by Crippen LogP contribution is 2.33.